The van der Waals surface area contributed by atoms with E-state index in [1.54, 1.807) is 48.5 Å². The molecule has 6 rings (SSSR count). The number of rotatable bonds is 15. The van der Waals surface area contributed by atoms with Crippen LogP contribution < -0.4 is 26.2 Å². The maximum atomic E-state index is 13.4. The van der Waals surface area contributed by atoms with Crippen molar-refractivity contribution in [2.45, 2.75) is 74.9 Å². The van der Waals surface area contributed by atoms with E-state index in [-0.39, 0.29) is 54.0 Å². The minimum Gasteiger partial charge on any atom is -0.354 e. The number of aromatic nitrogens is 1. The molecular formula is C38H40N6O8S. The Morgan fingerprint density at radius 3 is 2.43 bits per heavy atom. The average molecular weight is 741 g/mol. The maximum absolute atomic E-state index is 13.4. The lowest BCUT2D eigenvalue weighted by Crippen LogP contribution is -2.52. The molecule has 0 aliphatic carbocycles. The average Bonchev–Trinajstić information content (AvgIpc) is 3.48. The number of carbonyl (C=O) groups is 5. The normalized spacial score (nSPS) is 16.3. The molecule has 4 aromatic rings. The first kappa shape index (κ1) is 37.1. The van der Waals surface area contributed by atoms with Gasteiger partial charge in [0.05, 0.1) is 4.90 Å². The quantitative estimate of drug-likeness (QED) is 0.0901. The highest BCUT2D eigenvalue weighted by Crippen LogP contribution is 2.32. The number of imide groups is 1. The summed E-state index contributed by atoms with van der Waals surface area (Å²) < 4.78 is 29.3. The molecule has 14 nitrogen and oxygen atoms in total. The van der Waals surface area contributed by atoms with E-state index in [9.17, 15) is 37.2 Å². The summed E-state index contributed by atoms with van der Waals surface area (Å²) in [6.45, 7) is 0.501. The van der Waals surface area contributed by atoms with Crippen LogP contribution in [-0.2, 0) is 35.7 Å². The number of nitrogens with zero attached hydrogens (tertiary/aromatic N) is 1. The Bertz CT molecular complexity index is 2220. The fourth-order valence-electron chi connectivity index (χ4n) is 6.61. The standard InChI is InChI=1S/C38H40N6O8S/c45-32(41-30-13-9-12-27-28(30)23-44(38(27)50)31-18-20-34(47)42-36(31)48)14-7-2-1-3-8-21-39-37(49)35(24-10-5-4-6-11-24)43-53(51,52)26-16-17-29-25(22-26)15-19-33(46)40-29/h4-6,9-13,15-17,19,22,31,35,43H,1-3,7-8,14,18,20-21,23H2,(H,39,49)(H,40,46)(H,41,45)(H,42,47,48)/t31?,35-/m1/s1. The molecule has 3 aromatic carbocycles. The molecule has 53 heavy (non-hydrogen) atoms. The number of unbranched alkanes of at least 4 members (excludes halogenated alkanes) is 4. The second-order valence-corrected chi connectivity index (χ2v) is 14.8. The number of fused-ring (bicyclic) bond motifs is 2. The SMILES string of the molecule is O=C1CCC(N2Cc3c(NC(=O)CCCCCCCNC(=O)[C@H](NS(=O)(=O)c4ccc5[nH]c(=O)ccc5c4)c4ccccc4)cccc3C2=O)C(=O)N1. The first-order valence-corrected chi connectivity index (χ1v) is 19.0. The summed E-state index contributed by atoms with van der Waals surface area (Å²) in [5.74, 6) is -1.83. The summed E-state index contributed by atoms with van der Waals surface area (Å²) in [5, 5.41) is 8.57. The van der Waals surface area contributed by atoms with E-state index < -0.39 is 33.9 Å². The maximum Gasteiger partial charge on any atom is 0.255 e. The highest BCUT2D eigenvalue weighted by atomic mass is 32.2. The number of aromatic amines is 1. The molecule has 2 aliphatic rings. The smallest absolute Gasteiger partial charge is 0.255 e. The van der Waals surface area contributed by atoms with Gasteiger partial charge in [-0.1, -0.05) is 55.7 Å². The van der Waals surface area contributed by atoms with Gasteiger partial charge in [0.25, 0.3) is 5.91 Å². The molecule has 15 heteroatoms. The van der Waals surface area contributed by atoms with Gasteiger partial charge in [-0.3, -0.25) is 34.1 Å². The minimum absolute atomic E-state index is 0.0429. The molecule has 1 aromatic heterocycles. The van der Waals surface area contributed by atoms with Gasteiger partial charge in [-0.25, -0.2) is 8.42 Å². The first-order chi connectivity index (χ1) is 25.5. The van der Waals surface area contributed by atoms with Crippen LogP contribution in [0.2, 0.25) is 0 Å². The second kappa shape index (κ2) is 16.3. The fraction of sp³-hybridized carbons (Fsp3) is 0.316. The molecular weight excluding hydrogens is 701 g/mol. The molecule has 3 heterocycles. The second-order valence-electron chi connectivity index (χ2n) is 13.1. The van der Waals surface area contributed by atoms with Gasteiger partial charge >= 0.3 is 0 Å². The predicted molar refractivity (Wildman–Crippen MR) is 196 cm³/mol. The molecule has 276 valence electrons. The van der Waals surface area contributed by atoms with Crippen molar-refractivity contribution in [3.8, 4) is 0 Å². The largest absolute Gasteiger partial charge is 0.354 e. The molecule has 0 bridgehead atoms. The molecule has 2 aliphatic heterocycles. The van der Waals surface area contributed by atoms with Gasteiger partial charge in [0, 0.05) is 54.3 Å². The predicted octanol–water partition coefficient (Wildman–Crippen LogP) is 3.40. The zero-order valence-corrected chi connectivity index (χ0v) is 29.7. The molecule has 5 N–H and O–H groups in total. The highest BCUT2D eigenvalue weighted by molar-refractivity contribution is 7.89. The number of benzene rings is 3. The first-order valence-electron chi connectivity index (χ1n) is 17.5. The van der Waals surface area contributed by atoms with Crippen LogP contribution >= 0.6 is 0 Å². The third kappa shape index (κ3) is 8.87. The topological polar surface area (TPSA) is 204 Å². The van der Waals surface area contributed by atoms with Crippen molar-refractivity contribution < 1.29 is 32.4 Å². The lowest BCUT2D eigenvalue weighted by molar-refractivity contribution is -0.137. The Kier molecular flexibility index (Phi) is 11.4. The summed E-state index contributed by atoms with van der Waals surface area (Å²) >= 11 is 0. The molecule has 5 amide bonds. The van der Waals surface area contributed by atoms with Crippen LogP contribution in [0.15, 0.2) is 88.6 Å². The third-order valence-electron chi connectivity index (χ3n) is 9.41. The highest BCUT2D eigenvalue weighted by Gasteiger charge is 2.40. The van der Waals surface area contributed by atoms with Crippen molar-refractivity contribution in [1.82, 2.24) is 25.2 Å². The number of H-pyrrole nitrogens is 1. The molecule has 0 spiro atoms. The Labute approximate surface area is 305 Å². The molecule has 2 atom stereocenters. The van der Waals surface area contributed by atoms with E-state index in [1.165, 1.54) is 35.2 Å². The zero-order chi connectivity index (χ0) is 37.5. The molecule has 0 saturated carbocycles. The van der Waals surface area contributed by atoms with Crippen LogP contribution in [-0.4, -0.2) is 60.4 Å². The van der Waals surface area contributed by atoms with Crippen molar-refractivity contribution >= 4 is 56.1 Å². The number of amides is 5. The molecule has 1 saturated heterocycles. The van der Waals surface area contributed by atoms with Crippen molar-refractivity contribution in [2.24, 2.45) is 0 Å². The van der Waals surface area contributed by atoms with Crippen LogP contribution in [0.1, 0.15) is 78.9 Å². The third-order valence-corrected chi connectivity index (χ3v) is 10.8. The minimum atomic E-state index is -4.12. The van der Waals surface area contributed by atoms with Gasteiger partial charge in [0.1, 0.15) is 12.1 Å². The van der Waals surface area contributed by atoms with E-state index in [0.29, 0.717) is 52.7 Å². The van der Waals surface area contributed by atoms with Crippen LogP contribution in [0.3, 0.4) is 0 Å². The number of nitrogens with one attached hydrogen (secondary N) is 5. The Hall–Kier alpha value is -5.67. The van der Waals surface area contributed by atoms with Crippen molar-refractivity contribution in [1.29, 1.82) is 0 Å². The van der Waals surface area contributed by atoms with E-state index in [1.807, 2.05) is 0 Å². The van der Waals surface area contributed by atoms with Crippen molar-refractivity contribution in [3.63, 3.8) is 0 Å². The molecule has 1 fully saturated rings. The summed E-state index contributed by atoms with van der Waals surface area (Å²) in [6.07, 6.45) is 4.37. The van der Waals surface area contributed by atoms with Crippen LogP contribution in [0.5, 0.6) is 0 Å². The van der Waals surface area contributed by atoms with E-state index in [2.05, 4.69) is 25.7 Å². The van der Waals surface area contributed by atoms with Gasteiger partial charge in [-0.05, 0) is 66.6 Å². The Balaban J connectivity index is 0.938. The number of pyridine rings is 1. The number of anilines is 1. The lowest BCUT2D eigenvalue weighted by atomic mass is 10.0. The number of piperidine rings is 1. The van der Waals surface area contributed by atoms with E-state index >= 15 is 0 Å². The van der Waals surface area contributed by atoms with E-state index in [0.717, 1.165) is 19.3 Å². The number of carbonyl (C=O) groups excluding carboxylic acids is 5. The van der Waals surface area contributed by atoms with Crippen LogP contribution in [0, 0.1) is 0 Å². The number of sulfonamides is 1. The van der Waals surface area contributed by atoms with Gasteiger partial charge in [0.2, 0.25) is 39.2 Å². The van der Waals surface area contributed by atoms with E-state index in [4.69, 9.17) is 0 Å². The molecule has 0 radical (unpaired) electrons. The summed E-state index contributed by atoms with van der Waals surface area (Å²) in [7, 11) is -4.12. The zero-order valence-electron chi connectivity index (χ0n) is 28.9. The van der Waals surface area contributed by atoms with Crippen molar-refractivity contribution in [2.75, 3.05) is 11.9 Å². The fourth-order valence-corrected chi connectivity index (χ4v) is 7.83. The summed E-state index contributed by atoms with van der Waals surface area (Å²) in [5.41, 5.74) is 2.27. The number of hydrogen-bond acceptors (Lipinski definition) is 8. The summed E-state index contributed by atoms with van der Waals surface area (Å²) in [6, 6.07) is 18.9. The lowest BCUT2D eigenvalue weighted by Gasteiger charge is -2.29. The van der Waals surface area contributed by atoms with Gasteiger partial charge in [-0.15, -0.1) is 0 Å². The Morgan fingerprint density at radius 1 is 0.868 bits per heavy atom. The monoisotopic (exact) mass is 740 g/mol. The van der Waals surface area contributed by atoms with Crippen LogP contribution in [0.25, 0.3) is 10.9 Å². The van der Waals surface area contributed by atoms with Gasteiger partial charge in [-0.2, -0.15) is 4.72 Å². The van der Waals surface area contributed by atoms with Crippen molar-refractivity contribution in [3.05, 3.63) is 106 Å². The Morgan fingerprint density at radius 2 is 1.64 bits per heavy atom. The number of hydrogen-bond donors (Lipinski definition) is 5. The van der Waals surface area contributed by atoms with Gasteiger partial charge in [0.15, 0.2) is 0 Å². The van der Waals surface area contributed by atoms with Crippen LogP contribution in [0.4, 0.5) is 5.69 Å². The summed E-state index contributed by atoms with van der Waals surface area (Å²) in [4.78, 5) is 78.8. The molecule has 1 unspecified atom stereocenters. The van der Waals surface area contributed by atoms with Gasteiger partial charge < -0.3 is 20.5 Å².